The highest BCUT2D eigenvalue weighted by molar-refractivity contribution is 7.92. The van der Waals surface area contributed by atoms with Crippen LogP contribution in [0.4, 0.5) is 5.69 Å². The fraction of sp³-hybridized carbons (Fsp3) is 0.316. The number of nitrogens with one attached hydrogen (secondary N) is 2. The van der Waals surface area contributed by atoms with Crippen LogP contribution < -0.4 is 10.0 Å². The van der Waals surface area contributed by atoms with Crippen molar-refractivity contribution in [1.29, 1.82) is 0 Å². The van der Waals surface area contributed by atoms with E-state index in [1.807, 2.05) is 38.1 Å². The van der Waals surface area contributed by atoms with E-state index in [-0.39, 0.29) is 17.7 Å². The van der Waals surface area contributed by atoms with E-state index in [1.165, 1.54) is 0 Å². The van der Waals surface area contributed by atoms with Gasteiger partial charge in [-0.25, -0.2) is 8.42 Å². The third-order valence-electron chi connectivity index (χ3n) is 3.80. The summed E-state index contributed by atoms with van der Waals surface area (Å²) in [5.74, 6) is -0.196. The molecule has 0 heterocycles. The van der Waals surface area contributed by atoms with E-state index in [4.69, 9.17) is 0 Å². The van der Waals surface area contributed by atoms with E-state index in [2.05, 4.69) is 10.0 Å². The molecular weight excluding hydrogens is 336 g/mol. The predicted molar refractivity (Wildman–Crippen MR) is 101 cm³/mol. The zero-order chi connectivity index (χ0) is 18.4. The molecule has 1 unspecified atom stereocenters. The maximum atomic E-state index is 12.5. The average Bonchev–Trinajstić information content (AvgIpc) is 2.55. The number of anilines is 1. The minimum absolute atomic E-state index is 0.0495. The third kappa shape index (κ3) is 5.60. The Kier molecular flexibility index (Phi) is 6.20. The van der Waals surface area contributed by atoms with Gasteiger partial charge in [0.2, 0.25) is 10.0 Å². The SMILES string of the molecule is CCCS(=O)(=O)Nc1cccc(C(=O)NC(C)c2ccc(C)cc2)c1. The van der Waals surface area contributed by atoms with E-state index < -0.39 is 10.0 Å². The van der Waals surface area contributed by atoms with Gasteiger partial charge in [0, 0.05) is 11.3 Å². The van der Waals surface area contributed by atoms with E-state index in [9.17, 15) is 13.2 Å². The van der Waals surface area contributed by atoms with Crippen molar-refractivity contribution in [2.75, 3.05) is 10.5 Å². The highest BCUT2D eigenvalue weighted by Gasteiger charge is 2.13. The summed E-state index contributed by atoms with van der Waals surface area (Å²) in [7, 11) is -3.38. The second kappa shape index (κ2) is 8.16. The van der Waals surface area contributed by atoms with Crippen LogP contribution in [0.2, 0.25) is 0 Å². The summed E-state index contributed by atoms with van der Waals surface area (Å²) in [5.41, 5.74) is 2.98. The molecule has 0 aliphatic rings. The number of aryl methyl sites for hydroxylation is 1. The van der Waals surface area contributed by atoms with Gasteiger partial charge < -0.3 is 5.32 Å². The van der Waals surface area contributed by atoms with Gasteiger partial charge in [-0.3, -0.25) is 9.52 Å². The largest absolute Gasteiger partial charge is 0.346 e. The Morgan fingerprint density at radius 1 is 1.12 bits per heavy atom. The molecular formula is C19H24N2O3S. The first-order chi connectivity index (χ1) is 11.8. The van der Waals surface area contributed by atoms with Crippen LogP contribution in [0.1, 0.15) is 47.8 Å². The van der Waals surface area contributed by atoms with Gasteiger partial charge in [-0.2, -0.15) is 0 Å². The molecule has 0 aliphatic heterocycles. The molecule has 0 fully saturated rings. The first-order valence-electron chi connectivity index (χ1n) is 8.28. The predicted octanol–water partition coefficient (Wildman–Crippen LogP) is 3.64. The van der Waals surface area contributed by atoms with Crippen LogP contribution in [-0.2, 0) is 10.0 Å². The molecule has 134 valence electrons. The standard InChI is InChI=1S/C19H24N2O3S/c1-4-12-25(23,24)21-18-7-5-6-17(13-18)19(22)20-15(3)16-10-8-14(2)9-11-16/h5-11,13,15,21H,4,12H2,1-3H3,(H,20,22). The van der Waals surface area contributed by atoms with Crippen LogP contribution in [0.15, 0.2) is 48.5 Å². The number of benzene rings is 2. The number of hydrogen-bond donors (Lipinski definition) is 2. The molecule has 0 aromatic heterocycles. The highest BCUT2D eigenvalue weighted by Crippen LogP contribution is 2.16. The smallest absolute Gasteiger partial charge is 0.251 e. The van der Waals surface area contributed by atoms with Gasteiger partial charge in [0.1, 0.15) is 0 Å². The van der Waals surface area contributed by atoms with Crippen molar-refractivity contribution >= 4 is 21.6 Å². The monoisotopic (exact) mass is 360 g/mol. The number of hydrogen-bond acceptors (Lipinski definition) is 3. The number of rotatable bonds is 7. The molecule has 0 bridgehead atoms. The fourth-order valence-corrected chi connectivity index (χ4v) is 3.57. The van der Waals surface area contributed by atoms with E-state index in [1.54, 1.807) is 31.2 Å². The molecule has 0 spiro atoms. The summed E-state index contributed by atoms with van der Waals surface area (Å²) < 4.78 is 26.2. The quantitative estimate of drug-likeness (QED) is 0.791. The van der Waals surface area contributed by atoms with Crippen molar-refractivity contribution in [3.8, 4) is 0 Å². The van der Waals surface area contributed by atoms with Crippen molar-refractivity contribution in [3.05, 3.63) is 65.2 Å². The molecule has 25 heavy (non-hydrogen) atoms. The van der Waals surface area contributed by atoms with E-state index >= 15 is 0 Å². The zero-order valence-electron chi connectivity index (χ0n) is 14.7. The van der Waals surface area contributed by atoms with Crippen LogP contribution in [-0.4, -0.2) is 20.1 Å². The first-order valence-corrected chi connectivity index (χ1v) is 9.94. The van der Waals surface area contributed by atoms with Crippen molar-refractivity contribution in [1.82, 2.24) is 5.32 Å². The molecule has 2 N–H and O–H groups in total. The Bertz CT molecular complexity index is 830. The van der Waals surface area contributed by atoms with Crippen molar-refractivity contribution in [2.24, 2.45) is 0 Å². The van der Waals surface area contributed by atoms with Crippen LogP contribution >= 0.6 is 0 Å². The molecule has 0 saturated heterocycles. The molecule has 1 amide bonds. The van der Waals surface area contributed by atoms with Crippen LogP contribution in [0, 0.1) is 6.92 Å². The lowest BCUT2D eigenvalue weighted by Gasteiger charge is -2.15. The van der Waals surface area contributed by atoms with Gasteiger partial charge in [-0.15, -0.1) is 0 Å². The molecule has 0 saturated carbocycles. The van der Waals surface area contributed by atoms with Crippen LogP contribution in [0.25, 0.3) is 0 Å². The van der Waals surface area contributed by atoms with Gasteiger partial charge in [0.05, 0.1) is 11.8 Å². The summed E-state index contributed by atoms with van der Waals surface area (Å²) in [6.45, 7) is 5.73. The van der Waals surface area contributed by atoms with Gasteiger partial charge in [-0.1, -0.05) is 42.8 Å². The van der Waals surface area contributed by atoms with Crippen molar-refractivity contribution in [3.63, 3.8) is 0 Å². The van der Waals surface area contributed by atoms with Crippen LogP contribution in [0.5, 0.6) is 0 Å². The fourth-order valence-electron chi connectivity index (χ4n) is 2.44. The lowest BCUT2D eigenvalue weighted by atomic mass is 10.1. The number of carbonyl (C=O) groups excluding carboxylic acids is 1. The van der Waals surface area contributed by atoms with Crippen LogP contribution in [0.3, 0.4) is 0 Å². The lowest BCUT2D eigenvalue weighted by Crippen LogP contribution is -2.26. The Labute approximate surface area is 149 Å². The Morgan fingerprint density at radius 3 is 2.44 bits per heavy atom. The minimum Gasteiger partial charge on any atom is -0.346 e. The third-order valence-corrected chi connectivity index (χ3v) is 5.29. The normalized spacial score (nSPS) is 12.4. The average molecular weight is 360 g/mol. The summed E-state index contributed by atoms with van der Waals surface area (Å²) in [6.07, 6.45) is 0.531. The maximum absolute atomic E-state index is 12.5. The molecule has 6 heteroatoms. The summed E-state index contributed by atoms with van der Waals surface area (Å²) in [5, 5.41) is 2.93. The van der Waals surface area contributed by atoms with Gasteiger partial charge >= 0.3 is 0 Å². The highest BCUT2D eigenvalue weighted by atomic mass is 32.2. The Morgan fingerprint density at radius 2 is 1.80 bits per heavy atom. The molecule has 2 aromatic rings. The van der Waals surface area contributed by atoms with Gasteiger partial charge in [0.25, 0.3) is 5.91 Å². The van der Waals surface area contributed by atoms with E-state index in [0.717, 1.165) is 11.1 Å². The minimum atomic E-state index is -3.38. The van der Waals surface area contributed by atoms with Crippen molar-refractivity contribution in [2.45, 2.75) is 33.2 Å². The molecule has 1 atom stereocenters. The lowest BCUT2D eigenvalue weighted by molar-refractivity contribution is 0.0940. The van der Waals surface area contributed by atoms with Gasteiger partial charge in [0.15, 0.2) is 0 Å². The topological polar surface area (TPSA) is 75.3 Å². The van der Waals surface area contributed by atoms with Gasteiger partial charge in [-0.05, 0) is 44.0 Å². The number of carbonyl (C=O) groups is 1. The first kappa shape index (κ1) is 19.0. The molecule has 0 radical (unpaired) electrons. The molecule has 2 rings (SSSR count). The maximum Gasteiger partial charge on any atom is 0.251 e. The number of sulfonamides is 1. The number of amides is 1. The molecule has 5 nitrogen and oxygen atoms in total. The zero-order valence-corrected chi connectivity index (χ0v) is 15.6. The summed E-state index contributed by atoms with van der Waals surface area (Å²) in [6, 6.07) is 14.3. The molecule has 2 aromatic carbocycles. The Balaban J connectivity index is 2.09. The van der Waals surface area contributed by atoms with Crippen molar-refractivity contribution < 1.29 is 13.2 Å². The summed E-state index contributed by atoms with van der Waals surface area (Å²) in [4.78, 5) is 12.5. The summed E-state index contributed by atoms with van der Waals surface area (Å²) >= 11 is 0. The second-order valence-corrected chi connectivity index (χ2v) is 7.95. The van der Waals surface area contributed by atoms with E-state index in [0.29, 0.717) is 17.7 Å². The molecule has 0 aliphatic carbocycles. The second-order valence-electron chi connectivity index (χ2n) is 6.11. The Hall–Kier alpha value is -2.34.